The summed E-state index contributed by atoms with van der Waals surface area (Å²) in [7, 11) is 0. The molecule has 1 aliphatic rings. The molecule has 2 aromatic rings. The van der Waals surface area contributed by atoms with Gasteiger partial charge in [0.2, 0.25) is 5.95 Å². The molecule has 1 heterocycles. The predicted octanol–water partition coefficient (Wildman–Crippen LogP) is 3.73. The van der Waals surface area contributed by atoms with E-state index in [9.17, 15) is 4.79 Å². The molecular weight excluding hydrogens is 323 g/mol. The molecule has 0 unspecified atom stereocenters. The number of hydrogen-bond acceptors (Lipinski definition) is 4. The van der Waals surface area contributed by atoms with Crippen LogP contribution in [0.25, 0.3) is 0 Å². The molecule has 1 amide bonds. The molecule has 0 atom stereocenters. The summed E-state index contributed by atoms with van der Waals surface area (Å²) in [6, 6.07) is 7.08. The van der Waals surface area contributed by atoms with Gasteiger partial charge in [-0.05, 0) is 44.0 Å². The van der Waals surface area contributed by atoms with Gasteiger partial charge in [-0.25, -0.2) is 9.97 Å². The van der Waals surface area contributed by atoms with Gasteiger partial charge >= 0.3 is 0 Å². The van der Waals surface area contributed by atoms with Crippen LogP contribution in [-0.2, 0) is 0 Å². The summed E-state index contributed by atoms with van der Waals surface area (Å²) >= 11 is 11.9. The van der Waals surface area contributed by atoms with Gasteiger partial charge < -0.3 is 10.6 Å². The van der Waals surface area contributed by atoms with E-state index in [2.05, 4.69) is 20.6 Å². The molecule has 0 bridgehead atoms. The van der Waals surface area contributed by atoms with Crippen LogP contribution in [0.4, 0.5) is 11.6 Å². The number of rotatable bonds is 4. The smallest absolute Gasteiger partial charge is 0.270 e. The molecule has 22 heavy (non-hydrogen) atoms. The van der Waals surface area contributed by atoms with Crippen molar-refractivity contribution in [3.63, 3.8) is 0 Å². The number of aryl methyl sites for hydroxylation is 1. The zero-order valence-electron chi connectivity index (χ0n) is 11.9. The monoisotopic (exact) mass is 336 g/mol. The first kappa shape index (κ1) is 15.1. The highest BCUT2D eigenvalue weighted by atomic mass is 35.5. The molecule has 1 fully saturated rings. The third-order valence-corrected chi connectivity index (χ3v) is 3.91. The van der Waals surface area contributed by atoms with Gasteiger partial charge in [-0.2, -0.15) is 0 Å². The first-order valence-corrected chi connectivity index (χ1v) is 7.65. The van der Waals surface area contributed by atoms with Gasteiger partial charge in [-0.3, -0.25) is 4.79 Å². The van der Waals surface area contributed by atoms with Crippen LogP contribution in [0.2, 0.25) is 10.0 Å². The standard InChI is InChI=1S/C15H14Cl2N4O/c1-8-6-13(14(22)19-9-2-3-9)21-15(18-8)20-10-4-5-11(16)12(17)7-10/h4-7,9H,2-3H2,1H3,(H,19,22)(H,18,20,21). The minimum Gasteiger partial charge on any atom is -0.348 e. The molecule has 7 heteroatoms. The Morgan fingerprint density at radius 1 is 1.18 bits per heavy atom. The number of aromatic nitrogens is 2. The normalized spacial score (nSPS) is 13.8. The van der Waals surface area contributed by atoms with Crippen molar-refractivity contribution >= 4 is 40.7 Å². The summed E-state index contributed by atoms with van der Waals surface area (Å²) in [6.45, 7) is 1.82. The van der Waals surface area contributed by atoms with Gasteiger partial charge in [-0.15, -0.1) is 0 Å². The van der Waals surface area contributed by atoms with Gasteiger partial charge in [-0.1, -0.05) is 23.2 Å². The van der Waals surface area contributed by atoms with Crippen LogP contribution in [0.1, 0.15) is 29.0 Å². The molecule has 1 saturated carbocycles. The molecule has 1 aromatic heterocycles. The Morgan fingerprint density at radius 3 is 2.64 bits per heavy atom. The van der Waals surface area contributed by atoms with Crippen molar-refractivity contribution in [3.8, 4) is 0 Å². The third-order valence-electron chi connectivity index (χ3n) is 3.18. The Labute approximate surface area is 138 Å². The quantitative estimate of drug-likeness (QED) is 0.892. The lowest BCUT2D eigenvalue weighted by atomic mass is 10.3. The fourth-order valence-electron chi connectivity index (χ4n) is 1.93. The zero-order valence-corrected chi connectivity index (χ0v) is 13.4. The molecule has 1 aromatic carbocycles. The molecule has 114 valence electrons. The van der Waals surface area contributed by atoms with Gasteiger partial charge in [0.05, 0.1) is 10.0 Å². The lowest BCUT2D eigenvalue weighted by Crippen LogP contribution is -2.26. The lowest BCUT2D eigenvalue weighted by molar-refractivity contribution is 0.0946. The van der Waals surface area contributed by atoms with Gasteiger partial charge in [0.25, 0.3) is 5.91 Å². The Kier molecular flexibility index (Phi) is 4.18. The van der Waals surface area contributed by atoms with Crippen LogP contribution in [-0.4, -0.2) is 21.9 Å². The van der Waals surface area contributed by atoms with E-state index in [1.807, 2.05) is 6.92 Å². The highest BCUT2D eigenvalue weighted by molar-refractivity contribution is 6.42. The highest BCUT2D eigenvalue weighted by Crippen LogP contribution is 2.26. The Morgan fingerprint density at radius 2 is 1.95 bits per heavy atom. The lowest BCUT2D eigenvalue weighted by Gasteiger charge is -2.09. The maximum Gasteiger partial charge on any atom is 0.270 e. The summed E-state index contributed by atoms with van der Waals surface area (Å²) in [5, 5.41) is 6.85. The van der Waals surface area contributed by atoms with Gasteiger partial charge in [0.1, 0.15) is 5.69 Å². The van der Waals surface area contributed by atoms with Crippen LogP contribution in [0.3, 0.4) is 0 Å². The average Bonchev–Trinajstić information content (AvgIpc) is 3.26. The van der Waals surface area contributed by atoms with Crippen LogP contribution < -0.4 is 10.6 Å². The van der Waals surface area contributed by atoms with E-state index >= 15 is 0 Å². The molecule has 2 N–H and O–H groups in total. The molecule has 0 saturated heterocycles. The van der Waals surface area contributed by atoms with Crippen LogP contribution in [0.15, 0.2) is 24.3 Å². The van der Waals surface area contributed by atoms with E-state index in [-0.39, 0.29) is 11.9 Å². The third kappa shape index (κ3) is 3.67. The minimum atomic E-state index is -0.176. The van der Waals surface area contributed by atoms with Crippen molar-refractivity contribution in [3.05, 3.63) is 45.7 Å². The largest absolute Gasteiger partial charge is 0.348 e. The highest BCUT2D eigenvalue weighted by Gasteiger charge is 2.24. The second-order valence-electron chi connectivity index (χ2n) is 5.22. The number of nitrogens with zero attached hydrogens (tertiary/aromatic N) is 2. The van der Waals surface area contributed by atoms with Crippen molar-refractivity contribution in [1.29, 1.82) is 0 Å². The van der Waals surface area contributed by atoms with Crippen molar-refractivity contribution in [2.75, 3.05) is 5.32 Å². The summed E-state index contributed by atoms with van der Waals surface area (Å²) in [4.78, 5) is 20.6. The number of carbonyl (C=O) groups excluding carboxylic acids is 1. The molecule has 0 spiro atoms. The van der Waals surface area contributed by atoms with E-state index in [4.69, 9.17) is 23.2 Å². The fraction of sp³-hybridized carbons (Fsp3) is 0.267. The first-order valence-electron chi connectivity index (χ1n) is 6.90. The van der Waals surface area contributed by atoms with E-state index < -0.39 is 0 Å². The SMILES string of the molecule is Cc1cc(C(=O)NC2CC2)nc(Nc2ccc(Cl)c(Cl)c2)n1. The summed E-state index contributed by atoms with van der Waals surface area (Å²) < 4.78 is 0. The Hall–Kier alpha value is -1.85. The van der Waals surface area contributed by atoms with Crippen LogP contribution in [0.5, 0.6) is 0 Å². The number of anilines is 2. The predicted molar refractivity (Wildman–Crippen MR) is 87.0 cm³/mol. The van der Waals surface area contributed by atoms with Crippen LogP contribution >= 0.6 is 23.2 Å². The maximum atomic E-state index is 12.1. The minimum absolute atomic E-state index is 0.176. The average molecular weight is 337 g/mol. The van der Waals surface area contributed by atoms with Crippen LogP contribution in [0, 0.1) is 6.92 Å². The Balaban J connectivity index is 1.81. The number of carbonyl (C=O) groups is 1. The fourth-order valence-corrected chi connectivity index (χ4v) is 2.23. The molecular formula is C15H14Cl2N4O. The summed E-state index contributed by atoms with van der Waals surface area (Å²) in [5.74, 6) is 0.171. The zero-order chi connectivity index (χ0) is 15.7. The maximum absolute atomic E-state index is 12.1. The van der Waals surface area contributed by atoms with E-state index in [1.54, 1.807) is 24.3 Å². The summed E-state index contributed by atoms with van der Waals surface area (Å²) in [5.41, 5.74) is 1.76. The summed E-state index contributed by atoms with van der Waals surface area (Å²) in [6.07, 6.45) is 2.06. The van der Waals surface area contributed by atoms with Crippen molar-refractivity contribution in [1.82, 2.24) is 15.3 Å². The molecule has 5 nitrogen and oxygen atoms in total. The van der Waals surface area contributed by atoms with Crippen molar-refractivity contribution < 1.29 is 4.79 Å². The molecule has 3 rings (SSSR count). The number of amides is 1. The number of hydrogen-bond donors (Lipinski definition) is 2. The van der Waals surface area contributed by atoms with Gasteiger partial charge in [0.15, 0.2) is 0 Å². The second-order valence-corrected chi connectivity index (χ2v) is 6.03. The van der Waals surface area contributed by atoms with E-state index in [0.29, 0.717) is 33.1 Å². The molecule has 0 radical (unpaired) electrons. The first-order chi connectivity index (χ1) is 10.5. The van der Waals surface area contributed by atoms with Gasteiger partial charge in [0, 0.05) is 17.4 Å². The topological polar surface area (TPSA) is 66.9 Å². The number of benzene rings is 1. The van der Waals surface area contributed by atoms with E-state index in [1.165, 1.54) is 0 Å². The van der Waals surface area contributed by atoms with Crippen molar-refractivity contribution in [2.24, 2.45) is 0 Å². The second kappa shape index (κ2) is 6.10. The molecule has 0 aliphatic heterocycles. The molecule has 1 aliphatic carbocycles. The van der Waals surface area contributed by atoms with E-state index in [0.717, 1.165) is 12.8 Å². The number of halogens is 2. The Bertz CT molecular complexity index is 731. The number of nitrogens with one attached hydrogen (secondary N) is 2. The van der Waals surface area contributed by atoms with Crippen molar-refractivity contribution in [2.45, 2.75) is 25.8 Å².